The number of hydrogen-bond acceptors (Lipinski definition) is 5. The van der Waals surface area contributed by atoms with E-state index in [-0.39, 0.29) is 18.2 Å². The Balaban J connectivity index is 1.70. The third-order valence-electron chi connectivity index (χ3n) is 4.48. The molecule has 23 heavy (non-hydrogen) atoms. The van der Waals surface area contributed by atoms with Gasteiger partial charge in [-0.1, -0.05) is 6.92 Å². The van der Waals surface area contributed by atoms with Crippen LogP contribution in [0.5, 0.6) is 0 Å². The van der Waals surface area contributed by atoms with E-state index in [1.54, 1.807) is 0 Å². The molecule has 2 bridgehead atoms. The molecule has 0 radical (unpaired) electrons. The Morgan fingerprint density at radius 1 is 1.22 bits per heavy atom. The van der Waals surface area contributed by atoms with Crippen LogP contribution in [0, 0.1) is 0 Å². The van der Waals surface area contributed by atoms with Crippen molar-refractivity contribution in [3.63, 3.8) is 0 Å². The van der Waals surface area contributed by atoms with Crippen LogP contribution in [0.4, 0.5) is 10.6 Å². The van der Waals surface area contributed by atoms with Crippen LogP contribution in [0.25, 0.3) is 0 Å². The van der Waals surface area contributed by atoms with Crippen LogP contribution in [0.2, 0.25) is 0 Å². The van der Waals surface area contributed by atoms with Gasteiger partial charge in [-0.2, -0.15) is 5.10 Å². The van der Waals surface area contributed by atoms with Gasteiger partial charge in [-0.05, 0) is 52.2 Å². The highest BCUT2D eigenvalue weighted by molar-refractivity contribution is 5.70. The fourth-order valence-electron chi connectivity index (χ4n) is 3.41. The lowest BCUT2D eigenvalue weighted by molar-refractivity contribution is 0.0122. The predicted octanol–water partition coefficient (Wildman–Crippen LogP) is 2.63. The number of rotatable bonds is 2. The molecule has 126 valence electrons. The smallest absolute Gasteiger partial charge is 0.410 e. The van der Waals surface area contributed by atoms with Gasteiger partial charge in [0.05, 0.1) is 17.8 Å². The van der Waals surface area contributed by atoms with Crippen molar-refractivity contribution in [3.05, 3.63) is 17.8 Å². The van der Waals surface area contributed by atoms with Crippen LogP contribution < -0.4 is 4.90 Å². The molecule has 1 aromatic rings. The van der Waals surface area contributed by atoms with Crippen LogP contribution in [0.15, 0.2) is 12.1 Å². The predicted molar refractivity (Wildman–Crippen MR) is 88.5 cm³/mol. The number of carbonyl (C=O) groups is 1. The Labute approximate surface area is 137 Å². The minimum absolute atomic E-state index is 0.183. The van der Waals surface area contributed by atoms with Crippen molar-refractivity contribution < 1.29 is 9.53 Å². The minimum atomic E-state index is -0.449. The molecule has 2 saturated heterocycles. The molecule has 3 rings (SSSR count). The van der Waals surface area contributed by atoms with Crippen LogP contribution >= 0.6 is 0 Å². The number of aryl methyl sites for hydroxylation is 1. The molecule has 1 aromatic heterocycles. The van der Waals surface area contributed by atoms with Gasteiger partial charge in [-0.25, -0.2) is 4.79 Å². The van der Waals surface area contributed by atoms with Crippen molar-refractivity contribution in [1.29, 1.82) is 0 Å². The molecule has 2 aliphatic rings. The molecule has 0 saturated carbocycles. The number of nitrogens with zero attached hydrogens (tertiary/aromatic N) is 4. The molecule has 0 spiro atoms. The molecule has 0 N–H and O–H groups in total. The minimum Gasteiger partial charge on any atom is -0.444 e. The maximum Gasteiger partial charge on any atom is 0.410 e. The van der Waals surface area contributed by atoms with Gasteiger partial charge in [-0.15, -0.1) is 5.10 Å². The second-order valence-electron chi connectivity index (χ2n) is 7.41. The summed E-state index contributed by atoms with van der Waals surface area (Å²) >= 11 is 0. The number of hydrogen-bond donors (Lipinski definition) is 0. The molecule has 6 nitrogen and oxygen atoms in total. The van der Waals surface area contributed by atoms with Gasteiger partial charge >= 0.3 is 6.09 Å². The maximum absolute atomic E-state index is 12.5. The molecule has 0 aliphatic carbocycles. The van der Waals surface area contributed by atoms with Crippen molar-refractivity contribution in [2.75, 3.05) is 18.0 Å². The summed E-state index contributed by atoms with van der Waals surface area (Å²) in [5, 5.41) is 8.59. The first-order valence-corrected chi connectivity index (χ1v) is 8.46. The van der Waals surface area contributed by atoms with Crippen molar-refractivity contribution in [3.8, 4) is 0 Å². The zero-order chi connectivity index (χ0) is 16.6. The zero-order valence-electron chi connectivity index (χ0n) is 14.5. The molecule has 1 amide bonds. The highest BCUT2D eigenvalue weighted by atomic mass is 16.6. The standard InChI is InChI=1S/C17H26N4O2/c1-5-12-6-9-15(19-18-12)20-10-13-7-8-14(11-20)21(13)16(22)23-17(2,3)4/h6,9,13-14H,5,7-8,10-11H2,1-4H3. The number of anilines is 1. The lowest BCUT2D eigenvalue weighted by atomic mass is 10.2. The van der Waals surface area contributed by atoms with E-state index < -0.39 is 5.60 Å². The largest absolute Gasteiger partial charge is 0.444 e. The average molecular weight is 318 g/mol. The fraction of sp³-hybridized carbons (Fsp3) is 0.706. The third kappa shape index (κ3) is 3.41. The van der Waals surface area contributed by atoms with Crippen molar-refractivity contribution in [2.24, 2.45) is 0 Å². The summed E-state index contributed by atoms with van der Waals surface area (Å²) in [6, 6.07) is 4.48. The van der Waals surface area contributed by atoms with E-state index in [0.29, 0.717) is 0 Å². The van der Waals surface area contributed by atoms with E-state index >= 15 is 0 Å². The van der Waals surface area contributed by atoms with Gasteiger partial charge in [0.2, 0.25) is 0 Å². The van der Waals surface area contributed by atoms with E-state index in [1.807, 2.05) is 37.8 Å². The van der Waals surface area contributed by atoms with Gasteiger partial charge in [-0.3, -0.25) is 4.90 Å². The van der Waals surface area contributed by atoms with E-state index in [0.717, 1.165) is 43.9 Å². The number of ether oxygens (including phenoxy) is 1. The highest BCUT2D eigenvalue weighted by Gasteiger charge is 2.44. The average Bonchev–Trinajstić information content (AvgIpc) is 2.76. The van der Waals surface area contributed by atoms with Crippen molar-refractivity contribution in [1.82, 2.24) is 15.1 Å². The first-order chi connectivity index (χ1) is 10.9. The van der Waals surface area contributed by atoms with Crippen LogP contribution in [0.1, 0.15) is 46.2 Å². The van der Waals surface area contributed by atoms with Crippen LogP contribution in [0.3, 0.4) is 0 Å². The summed E-state index contributed by atoms with van der Waals surface area (Å²) < 4.78 is 5.57. The zero-order valence-corrected chi connectivity index (χ0v) is 14.5. The van der Waals surface area contributed by atoms with E-state index in [9.17, 15) is 4.79 Å². The van der Waals surface area contributed by atoms with Crippen LogP contribution in [-0.2, 0) is 11.2 Å². The van der Waals surface area contributed by atoms with E-state index in [4.69, 9.17) is 4.74 Å². The summed E-state index contributed by atoms with van der Waals surface area (Å²) in [6.07, 6.45) is 2.77. The molecule has 2 unspecified atom stereocenters. The monoisotopic (exact) mass is 318 g/mol. The maximum atomic E-state index is 12.5. The fourth-order valence-corrected chi connectivity index (χ4v) is 3.41. The first kappa shape index (κ1) is 16.0. The summed E-state index contributed by atoms with van der Waals surface area (Å²) in [4.78, 5) is 16.6. The van der Waals surface area contributed by atoms with Gasteiger partial charge < -0.3 is 9.64 Å². The quantitative estimate of drug-likeness (QED) is 0.839. The number of piperazine rings is 1. The van der Waals surface area contributed by atoms with Gasteiger partial charge in [0.15, 0.2) is 5.82 Å². The number of fused-ring (bicyclic) bond motifs is 2. The highest BCUT2D eigenvalue weighted by Crippen LogP contribution is 2.33. The molecule has 3 heterocycles. The molecule has 2 aliphatic heterocycles. The molecular weight excluding hydrogens is 292 g/mol. The molecule has 6 heteroatoms. The summed E-state index contributed by atoms with van der Waals surface area (Å²) in [5.41, 5.74) is 0.555. The summed E-state index contributed by atoms with van der Waals surface area (Å²) in [5.74, 6) is 0.905. The SMILES string of the molecule is CCc1ccc(N2CC3CCC(C2)N3C(=O)OC(C)(C)C)nn1. The topological polar surface area (TPSA) is 58.6 Å². The Hall–Kier alpha value is -1.85. The van der Waals surface area contributed by atoms with Gasteiger partial charge in [0.25, 0.3) is 0 Å². The van der Waals surface area contributed by atoms with Crippen molar-refractivity contribution in [2.45, 2.75) is 64.6 Å². The normalized spacial score (nSPS) is 24.0. The Morgan fingerprint density at radius 3 is 2.35 bits per heavy atom. The second kappa shape index (κ2) is 5.98. The second-order valence-corrected chi connectivity index (χ2v) is 7.41. The van der Waals surface area contributed by atoms with Gasteiger partial charge in [0.1, 0.15) is 5.60 Å². The number of carbonyl (C=O) groups excluding carboxylic acids is 1. The Kier molecular flexibility index (Phi) is 4.17. The summed E-state index contributed by atoms with van der Waals surface area (Å²) in [7, 11) is 0. The lowest BCUT2D eigenvalue weighted by Crippen LogP contribution is -2.57. The van der Waals surface area contributed by atoms with E-state index in [1.165, 1.54) is 0 Å². The lowest BCUT2D eigenvalue weighted by Gasteiger charge is -2.41. The van der Waals surface area contributed by atoms with Crippen molar-refractivity contribution >= 4 is 11.9 Å². The number of aromatic nitrogens is 2. The van der Waals surface area contributed by atoms with Gasteiger partial charge in [0, 0.05) is 13.1 Å². The number of amides is 1. The van der Waals surface area contributed by atoms with E-state index in [2.05, 4.69) is 22.0 Å². The van der Waals surface area contributed by atoms with Crippen LogP contribution in [-0.4, -0.2) is 52.0 Å². The molecular formula is C17H26N4O2. The Morgan fingerprint density at radius 2 is 1.87 bits per heavy atom. The molecule has 0 aromatic carbocycles. The summed E-state index contributed by atoms with van der Waals surface area (Å²) in [6.45, 7) is 9.41. The Bertz CT molecular complexity index is 553. The molecule has 2 atom stereocenters. The third-order valence-corrected chi connectivity index (χ3v) is 4.48. The first-order valence-electron chi connectivity index (χ1n) is 8.46. The molecule has 2 fully saturated rings.